The molecule has 0 aliphatic carbocycles. The zero-order chi connectivity index (χ0) is 49.5. The third-order valence-electron chi connectivity index (χ3n) is 13.7. The molecule has 68 heavy (non-hydrogen) atoms. The molecule has 0 rings (SSSR count). The minimum Gasteiger partial charge on any atom is -0.462 e. The summed E-state index contributed by atoms with van der Waals surface area (Å²) >= 11 is 0. The topological polar surface area (TPSA) is 95.9 Å². The molecule has 0 bridgehead atoms. The van der Waals surface area contributed by atoms with Gasteiger partial charge in [-0.3, -0.25) is 9.59 Å². The third kappa shape index (κ3) is 50.2. The Morgan fingerprint density at radius 3 is 1.13 bits per heavy atom. The monoisotopic (exact) mass is 954 g/mol. The minimum absolute atomic E-state index is 0.0594. The Labute approximate surface area is 423 Å². The summed E-state index contributed by atoms with van der Waals surface area (Å²) in [6, 6.07) is -0.712. The number of aliphatic hydroxyl groups is 2. The Morgan fingerprint density at radius 1 is 0.426 bits per heavy atom. The summed E-state index contributed by atoms with van der Waals surface area (Å²) in [6.45, 7) is 6.48. The zero-order valence-electron chi connectivity index (χ0n) is 45.5. The second kappa shape index (κ2) is 55.7. The number of nitrogens with one attached hydrogen (secondary N) is 1. The van der Waals surface area contributed by atoms with E-state index in [9.17, 15) is 19.8 Å². The van der Waals surface area contributed by atoms with Gasteiger partial charge in [0.1, 0.15) is 6.10 Å². The van der Waals surface area contributed by atoms with Crippen molar-refractivity contribution in [1.82, 2.24) is 5.32 Å². The molecule has 3 atom stereocenters. The highest BCUT2D eigenvalue weighted by atomic mass is 16.5. The highest BCUT2D eigenvalue weighted by Gasteiger charge is 2.24. The van der Waals surface area contributed by atoms with Gasteiger partial charge in [-0.2, -0.15) is 0 Å². The molecular formula is C62H115NO5. The normalized spacial score (nSPS) is 13.4. The number of amides is 1. The predicted molar refractivity (Wildman–Crippen MR) is 296 cm³/mol. The summed E-state index contributed by atoms with van der Waals surface area (Å²) in [6.07, 6.45) is 68.9. The molecule has 1 amide bonds. The van der Waals surface area contributed by atoms with Crippen LogP contribution >= 0.6 is 0 Å². The number of rotatable bonds is 54. The molecule has 6 heteroatoms. The second-order valence-corrected chi connectivity index (χ2v) is 20.4. The minimum atomic E-state index is -0.797. The summed E-state index contributed by atoms with van der Waals surface area (Å²) in [4.78, 5) is 26.3. The second-order valence-electron chi connectivity index (χ2n) is 20.4. The van der Waals surface area contributed by atoms with Crippen molar-refractivity contribution in [2.45, 2.75) is 328 Å². The van der Waals surface area contributed by atoms with Gasteiger partial charge in [-0.1, -0.05) is 281 Å². The maximum atomic E-state index is 13.3. The van der Waals surface area contributed by atoms with Gasteiger partial charge in [-0.05, 0) is 64.2 Å². The van der Waals surface area contributed by atoms with E-state index in [2.05, 4.69) is 74.7 Å². The van der Waals surface area contributed by atoms with Crippen LogP contribution in [0.4, 0.5) is 0 Å². The van der Waals surface area contributed by atoms with Crippen LogP contribution in [-0.2, 0) is 14.3 Å². The van der Waals surface area contributed by atoms with E-state index in [1.54, 1.807) is 0 Å². The van der Waals surface area contributed by atoms with Gasteiger partial charge in [-0.25, -0.2) is 0 Å². The lowest BCUT2D eigenvalue weighted by atomic mass is 10.0. The fourth-order valence-electron chi connectivity index (χ4n) is 9.13. The Balaban J connectivity index is 4.59. The fraction of sp³-hybridized carbons (Fsp3) is 0.839. The van der Waals surface area contributed by atoms with Crippen LogP contribution in [0.2, 0.25) is 0 Å². The number of aliphatic hydroxyl groups excluding tert-OH is 2. The number of esters is 1. The molecular weight excluding hydrogens is 839 g/mol. The number of carbonyl (C=O) groups excluding carboxylic acids is 2. The lowest BCUT2D eigenvalue weighted by molar-refractivity contribution is -0.151. The van der Waals surface area contributed by atoms with Gasteiger partial charge in [0.05, 0.1) is 25.2 Å². The van der Waals surface area contributed by atoms with E-state index >= 15 is 0 Å². The van der Waals surface area contributed by atoms with Crippen LogP contribution < -0.4 is 5.32 Å². The van der Waals surface area contributed by atoms with Crippen molar-refractivity contribution in [3.8, 4) is 0 Å². The largest absolute Gasteiger partial charge is 0.462 e. The number of unbranched alkanes of at least 4 members (excludes halogenated alkanes) is 34. The number of carbonyl (C=O) groups is 2. The van der Waals surface area contributed by atoms with Crippen LogP contribution in [0.1, 0.15) is 310 Å². The molecule has 6 nitrogen and oxygen atoms in total. The molecule has 0 aromatic heterocycles. The van der Waals surface area contributed by atoms with Crippen molar-refractivity contribution in [3.05, 3.63) is 48.6 Å². The first-order valence-corrected chi connectivity index (χ1v) is 29.9. The van der Waals surface area contributed by atoms with Crippen molar-refractivity contribution >= 4 is 11.9 Å². The first-order chi connectivity index (χ1) is 33.5. The van der Waals surface area contributed by atoms with E-state index < -0.39 is 18.2 Å². The number of hydrogen-bond donors (Lipinski definition) is 3. The van der Waals surface area contributed by atoms with Crippen LogP contribution in [0.15, 0.2) is 48.6 Å². The van der Waals surface area contributed by atoms with Crippen molar-refractivity contribution in [1.29, 1.82) is 0 Å². The predicted octanol–water partition coefficient (Wildman–Crippen LogP) is 18.6. The van der Waals surface area contributed by atoms with Gasteiger partial charge in [0, 0.05) is 6.42 Å². The Hall–Kier alpha value is -2.18. The fourth-order valence-corrected chi connectivity index (χ4v) is 9.13. The molecule has 0 aliphatic rings. The van der Waals surface area contributed by atoms with Crippen LogP contribution in [0, 0.1) is 0 Å². The molecule has 398 valence electrons. The smallest absolute Gasteiger partial charge is 0.306 e. The molecule has 3 unspecified atom stereocenters. The van der Waals surface area contributed by atoms with Gasteiger partial charge in [0.25, 0.3) is 0 Å². The van der Waals surface area contributed by atoms with E-state index in [0.717, 1.165) is 64.2 Å². The van der Waals surface area contributed by atoms with E-state index in [1.165, 1.54) is 193 Å². The van der Waals surface area contributed by atoms with Crippen molar-refractivity contribution in [2.24, 2.45) is 0 Å². The maximum Gasteiger partial charge on any atom is 0.306 e. The molecule has 0 saturated heterocycles. The standard InChI is InChI=1S/C62H115NO5/c1-4-7-10-13-16-19-22-25-28-30-33-36-39-42-45-48-51-54-60(65)59(57-64)63-61(66)56-58(53-50-47-44-41-38-35-32-27-24-21-18-15-12-9-6-3)68-62(67)55-52-49-46-43-40-37-34-31-29-26-23-20-17-14-11-8-5-2/h17,20,26,29,34,37,43,46,58-60,64-65H,4-16,18-19,21-25,27-28,30-33,35-36,38-42,44-45,47-57H2,1-3H3,(H,63,66)/b20-17-,29-26-,37-34-,46-43-. The average molecular weight is 955 g/mol. The molecule has 0 aromatic rings. The Kier molecular flexibility index (Phi) is 54.0. The molecule has 0 aliphatic heterocycles. The van der Waals surface area contributed by atoms with Crippen molar-refractivity contribution < 1.29 is 24.5 Å². The molecule has 0 fully saturated rings. The lowest BCUT2D eigenvalue weighted by Gasteiger charge is -2.24. The van der Waals surface area contributed by atoms with Gasteiger partial charge in [-0.15, -0.1) is 0 Å². The molecule has 0 heterocycles. The van der Waals surface area contributed by atoms with Gasteiger partial charge >= 0.3 is 5.97 Å². The number of ether oxygens (including phenoxy) is 1. The quantitative estimate of drug-likeness (QED) is 0.0321. The molecule has 0 radical (unpaired) electrons. The third-order valence-corrected chi connectivity index (χ3v) is 13.7. The van der Waals surface area contributed by atoms with Crippen LogP contribution in [-0.4, -0.2) is 46.9 Å². The first-order valence-electron chi connectivity index (χ1n) is 29.9. The highest BCUT2D eigenvalue weighted by Crippen LogP contribution is 2.19. The SMILES string of the molecule is CCCCC/C=C\C/C=C\C/C=C\C/C=C\CCCC(=O)OC(CCCCCCCCCCCCCCCCC)CC(=O)NC(CO)C(O)CCCCCCCCCCCCCCCCCCC. The molecule has 0 saturated carbocycles. The molecule has 3 N–H and O–H groups in total. The van der Waals surface area contributed by atoms with E-state index in [1.807, 2.05) is 0 Å². The summed E-state index contributed by atoms with van der Waals surface area (Å²) in [7, 11) is 0. The van der Waals surface area contributed by atoms with Gasteiger partial charge < -0.3 is 20.3 Å². The van der Waals surface area contributed by atoms with Crippen LogP contribution in [0.3, 0.4) is 0 Å². The van der Waals surface area contributed by atoms with Crippen LogP contribution in [0.5, 0.6) is 0 Å². The maximum absolute atomic E-state index is 13.3. The summed E-state index contributed by atoms with van der Waals surface area (Å²) in [5.74, 6) is -0.525. The molecule has 0 spiro atoms. The van der Waals surface area contributed by atoms with Crippen molar-refractivity contribution in [2.75, 3.05) is 6.61 Å². The van der Waals surface area contributed by atoms with E-state index in [0.29, 0.717) is 25.7 Å². The van der Waals surface area contributed by atoms with Crippen LogP contribution in [0.25, 0.3) is 0 Å². The highest BCUT2D eigenvalue weighted by molar-refractivity contribution is 5.77. The van der Waals surface area contributed by atoms with E-state index in [-0.39, 0.29) is 24.9 Å². The van der Waals surface area contributed by atoms with Gasteiger partial charge in [0.2, 0.25) is 5.91 Å². The summed E-state index contributed by atoms with van der Waals surface area (Å²) in [5.41, 5.74) is 0. The zero-order valence-corrected chi connectivity index (χ0v) is 45.5. The van der Waals surface area contributed by atoms with E-state index in [4.69, 9.17) is 4.74 Å². The molecule has 0 aromatic carbocycles. The summed E-state index contributed by atoms with van der Waals surface area (Å²) < 4.78 is 5.94. The Bertz CT molecular complexity index is 1160. The lowest BCUT2D eigenvalue weighted by Crippen LogP contribution is -2.46. The number of hydrogen-bond acceptors (Lipinski definition) is 5. The summed E-state index contributed by atoms with van der Waals surface area (Å²) in [5, 5.41) is 23.9. The average Bonchev–Trinajstić information content (AvgIpc) is 3.33. The van der Waals surface area contributed by atoms with Crippen molar-refractivity contribution in [3.63, 3.8) is 0 Å². The van der Waals surface area contributed by atoms with Gasteiger partial charge in [0.15, 0.2) is 0 Å². The Morgan fingerprint density at radius 2 is 0.750 bits per heavy atom. The number of allylic oxidation sites excluding steroid dienone is 8. The first kappa shape index (κ1) is 65.8.